The largest absolute Gasteiger partial charge is 0.350 e. The zero-order chi connectivity index (χ0) is 7.56. The van der Waals surface area contributed by atoms with Crippen LogP contribution in [-0.4, -0.2) is 4.98 Å². The molecule has 0 saturated heterocycles. The van der Waals surface area contributed by atoms with Crippen molar-refractivity contribution in [1.82, 2.24) is 4.98 Å². The third-order valence-corrected chi connectivity index (χ3v) is 1.72. The number of H-pyrrole nitrogens is 1. The number of aromatic nitrogens is 1. The number of hydrogen-bond acceptors (Lipinski definition) is 2. The molecule has 0 atom stereocenters. The minimum Gasteiger partial charge on any atom is -0.350 e. The molecule has 1 aromatic heterocycles. The van der Waals surface area contributed by atoms with Gasteiger partial charge < -0.3 is 10.7 Å². The highest BCUT2D eigenvalue weighted by Gasteiger charge is 1.90. The molecule has 1 aromatic rings. The van der Waals surface area contributed by atoms with E-state index in [1.54, 1.807) is 0 Å². The molecule has 2 nitrogen and oxygen atoms in total. The molecule has 3 heteroatoms. The topological polar surface area (TPSA) is 41.8 Å². The molecule has 0 saturated carbocycles. The van der Waals surface area contributed by atoms with Crippen molar-refractivity contribution >= 4 is 12.2 Å². The maximum Gasteiger partial charge on any atom is 0.107 e. The Morgan fingerprint density at radius 2 is 2.30 bits per heavy atom. The minimum atomic E-state index is 0.510. The van der Waals surface area contributed by atoms with E-state index >= 15 is 0 Å². The van der Waals surface area contributed by atoms with Gasteiger partial charge in [-0.25, -0.2) is 0 Å². The average Bonchev–Trinajstić information content (AvgIpc) is 1.88. The van der Waals surface area contributed by atoms with Crippen molar-refractivity contribution in [3.8, 4) is 0 Å². The number of hydrogen-bond donors (Lipinski definition) is 2. The molecule has 0 spiro atoms. The molecule has 1 heterocycles. The summed E-state index contributed by atoms with van der Waals surface area (Å²) in [6.45, 7) is 2.48. The van der Waals surface area contributed by atoms with Crippen molar-refractivity contribution in [3.63, 3.8) is 0 Å². The van der Waals surface area contributed by atoms with Crippen LogP contribution >= 0.6 is 12.2 Å². The molecule has 3 N–H and O–H groups in total. The van der Waals surface area contributed by atoms with E-state index in [1.807, 2.05) is 19.1 Å². The van der Waals surface area contributed by atoms with E-state index in [4.69, 9.17) is 18.0 Å². The molecular formula is C7H10N2S. The molecule has 54 valence electrons. The Bertz CT molecular complexity index is 277. The lowest BCUT2D eigenvalue weighted by Gasteiger charge is -1.97. The maximum atomic E-state index is 5.41. The van der Waals surface area contributed by atoms with E-state index in [-0.39, 0.29) is 0 Å². The van der Waals surface area contributed by atoms with Crippen molar-refractivity contribution < 1.29 is 0 Å². The molecule has 10 heavy (non-hydrogen) atoms. The van der Waals surface area contributed by atoms with Gasteiger partial charge in [0.15, 0.2) is 0 Å². The molecule has 0 unspecified atom stereocenters. The first-order valence-electron chi connectivity index (χ1n) is 3.13. The van der Waals surface area contributed by atoms with Gasteiger partial charge in [0.05, 0.1) is 0 Å². The number of aromatic amines is 1. The molecule has 0 radical (unpaired) electrons. The fraction of sp³-hybridized carbons (Fsp3) is 0.286. The van der Waals surface area contributed by atoms with Crippen molar-refractivity contribution in [2.75, 3.05) is 0 Å². The second-order valence-corrected chi connectivity index (χ2v) is 2.61. The second-order valence-electron chi connectivity index (χ2n) is 2.20. The molecular weight excluding hydrogens is 144 g/mol. The second kappa shape index (κ2) is 2.94. The summed E-state index contributed by atoms with van der Waals surface area (Å²) in [5.41, 5.74) is 7.49. The number of aryl methyl sites for hydroxylation is 1. The van der Waals surface area contributed by atoms with Gasteiger partial charge in [-0.2, -0.15) is 0 Å². The van der Waals surface area contributed by atoms with Crippen LogP contribution in [0.15, 0.2) is 12.1 Å². The van der Waals surface area contributed by atoms with E-state index in [0.717, 1.165) is 15.9 Å². The molecule has 0 fully saturated rings. The summed E-state index contributed by atoms with van der Waals surface area (Å²) in [7, 11) is 0. The Kier molecular flexibility index (Phi) is 2.19. The summed E-state index contributed by atoms with van der Waals surface area (Å²) in [6.07, 6.45) is 0. The van der Waals surface area contributed by atoms with Crippen LogP contribution in [0.5, 0.6) is 0 Å². The standard InChI is InChI=1S/C7H10N2S/c1-5-2-3-6(4-8)7(10)9-5/h2-3H,4,8H2,1H3,(H,9,10). The monoisotopic (exact) mass is 154 g/mol. The Morgan fingerprint density at radius 1 is 1.60 bits per heavy atom. The number of pyridine rings is 1. The first kappa shape index (κ1) is 7.44. The molecule has 1 rings (SSSR count). The van der Waals surface area contributed by atoms with Crippen LogP contribution in [0.2, 0.25) is 0 Å². The number of nitrogens with one attached hydrogen (secondary N) is 1. The quantitative estimate of drug-likeness (QED) is 0.602. The van der Waals surface area contributed by atoms with Gasteiger partial charge in [0.2, 0.25) is 0 Å². The summed E-state index contributed by atoms with van der Waals surface area (Å²) in [6, 6.07) is 3.92. The van der Waals surface area contributed by atoms with E-state index in [1.165, 1.54) is 0 Å². The summed E-state index contributed by atoms with van der Waals surface area (Å²) in [4.78, 5) is 3.02. The predicted molar refractivity (Wildman–Crippen MR) is 44.3 cm³/mol. The van der Waals surface area contributed by atoms with E-state index in [9.17, 15) is 0 Å². The van der Waals surface area contributed by atoms with Crippen LogP contribution < -0.4 is 5.73 Å². The van der Waals surface area contributed by atoms with Crippen LogP contribution in [0.4, 0.5) is 0 Å². The van der Waals surface area contributed by atoms with Gasteiger partial charge in [0.1, 0.15) is 4.64 Å². The first-order valence-corrected chi connectivity index (χ1v) is 3.53. The Morgan fingerprint density at radius 3 is 2.80 bits per heavy atom. The van der Waals surface area contributed by atoms with E-state index in [2.05, 4.69) is 4.98 Å². The Balaban J connectivity index is 3.20. The van der Waals surface area contributed by atoms with Crippen LogP contribution in [0.3, 0.4) is 0 Å². The van der Waals surface area contributed by atoms with E-state index in [0.29, 0.717) is 6.54 Å². The van der Waals surface area contributed by atoms with Gasteiger partial charge in [-0.3, -0.25) is 0 Å². The summed E-state index contributed by atoms with van der Waals surface area (Å²) in [5.74, 6) is 0. The molecule has 0 aliphatic carbocycles. The Labute approximate surface area is 65.1 Å². The molecule has 0 bridgehead atoms. The zero-order valence-corrected chi connectivity index (χ0v) is 6.66. The third-order valence-electron chi connectivity index (χ3n) is 1.36. The van der Waals surface area contributed by atoms with Crippen molar-refractivity contribution in [1.29, 1.82) is 0 Å². The SMILES string of the molecule is Cc1ccc(CN)c(=S)[nH]1. The van der Waals surface area contributed by atoms with Crippen LogP contribution in [0.1, 0.15) is 11.3 Å². The normalized spacial score (nSPS) is 9.80. The maximum absolute atomic E-state index is 5.41. The van der Waals surface area contributed by atoms with Crippen molar-refractivity contribution in [2.45, 2.75) is 13.5 Å². The minimum absolute atomic E-state index is 0.510. The van der Waals surface area contributed by atoms with Crippen molar-refractivity contribution in [3.05, 3.63) is 28.0 Å². The van der Waals surface area contributed by atoms with Crippen LogP contribution in [0.25, 0.3) is 0 Å². The average molecular weight is 154 g/mol. The first-order chi connectivity index (χ1) is 4.74. The van der Waals surface area contributed by atoms with Crippen molar-refractivity contribution in [2.24, 2.45) is 5.73 Å². The third kappa shape index (κ3) is 1.43. The van der Waals surface area contributed by atoms with Gasteiger partial charge in [-0.15, -0.1) is 0 Å². The highest BCUT2D eigenvalue weighted by Crippen LogP contribution is 2.00. The summed E-state index contributed by atoms with van der Waals surface area (Å²) in [5, 5.41) is 0. The van der Waals surface area contributed by atoms with Gasteiger partial charge in [0, 0.05) is 17.8 Å². The highest BCUT2D eigenvalue weighted by molar-refractivity contribution is 7.71. The fourth-order valence-electron chi connectivity index (χ4n) is 0.763. The predicted octanol–water partition coefficient (Wildman–Crippen LogP) is 1.51. The van der Waals surface area contributed by atoms with Crippen LogP contribution in [-0.2, 0) is 6.54 Å². The van der Waals surface area contributed by atoms with Gasteiger partial charge in [-0.1, -0.05) is 18.3 Å². The summed E-state index contributed by atoms with van der Waals surface area (Å²) >= 11 is 5.00. The highest BCUT2D eigenvalue weighted by atomic mass is 32.1. The van der Waals surface area contributed by atoms with E-state index < -0.39 is 0 Å². The van der Waals surface area contributed by atoms with Gasteiger partial charge >= 0.3 is 0 Å². The molecule has 0 aliphatic rings. The van der Waals surface area contributed by atoms with Gasteiger partial charge in [0.25, 0.3) is 0 Å². The molecule has 0 aliphatic heterocycles. The molecule has 0 amide bonds. The fourth-order valence-corrected chi connectivity index (χ4v) is 1.08. The number of nitrogens with two attached hydrogens (primary N) is 1. The van der Waals surface area contributed by atoms with Gasteiger partial charge in [-0.05, 0) is 13.0 Å². The smallest absolute Gasteiger partial charge is 0.107 e. The van der Waals surface area contributed by atoms with Crippen LogP contribution in [0, 0.1) is 11.6 Å². The number of rotatable bonds is 1. The molecule has 0 aromatic carbocycles. The lowest BCUT2D eigenvalue weighted by atomic mass is 10.2. The Hall–Kier alpha value is -0.670. The lowest BCUT2D eigenvalue weighted by molar-refractivity contribution is 1.02. The summed E-state index contributed by atoms with van der Waals surface area (Å²) < 4.78 is 0.752. The lowest BCUT2D eigenvalue weighted by Crippen LogP contribution is -1.98. The zero-order valence-electron chi connectivity index (χ0n) is 5.85.